The first-order valence-corrected chi connectivity index (χ1v) is 8.72. The molecule has 0 aliphatic carbocycles. The van der Waals surface area contributed by atoms with Gasteiger partial charge in [-0.1, -0.05) is 11.6 Å². The Morgan fingerprint density at radius 3 is 2.58 bits per heavy atom. The number of methoxy groups -OCH3 is 2. The zero-order valence-corrected chi connectivity index (χ0v) is 15.5. The molecule has 0 atom stereocenters. The second-order valence-corrected chi connectivity index (χ2v) is 6.30. The number of pyridine rings is 1. The van der Waals surface area contributed by atoms with Crippen molar-refractivity contribution in [1.29, 1.82) is 0 Å². The van der Waals surface area contributed by atoms with Crippen LogP contribution < -0.4 is 20.1 Å². The largest absolute Gasteiger partial charge is 0.493 e. The first kappa shape index (κ1) is 18.0. The van der Waals surface area contributed by atoms with Crippen molar-refractivity contribution in [3.8, 4) is 11.5 Å². The molecule has 2 heterocycles. The third-order valence-corrected chi connectivity index (χ3v) is 4.34. The number of carbonyl (C=O) groups excluding carboxylic acids is 1. The van der Waals surface area contributed by atoms with Crippen LogP contribution in [0.3, 0.4) is 0 Å². The maximum absolute atomic E-state index is 12.3. The Morgan fingerprint density at radius 1 is 1.12 bits per heavy atom. The Morgan fingerprint density at radius 2 is 1.88 bits per heavy atom. The van der Waals surface area contributed by atoms with E-state index in [4.69, 9.17) is 21.1 Å². The summed E-state index contributed by atoms with van der Waals surface area (Å²) in [4.78, 5) is 20.5. The Bertz CT molecular complexity index is 915. The lowest BCUT2D eigenvalue weighted by Gasteiger charge is -2.09. The smallest absolute Gasteiger partial charge is 0.275 e. The zero-order chi connectivity index (χ0) is 18.5. The minimum absolute atomic E-state index is 0.299. The quantitative estimate of drug-likeness (QED) is 0.613. The summed E-state index contributed by atoms with van der Waals surface area (Å²) in [6, 6.07) is 8.68. The molecule has 7 nitrogen and oxygen atoms in total. The SMILES string of the molecule is COc1ccc(Nc2nc(C(=O)Nc3ccc(Cl)nc3)cs2)cc1OC. The van der Waals surface area contributed by atoms with E-state index >= 15 is 0 Å². The number of hydrogen-bond donors (Lipinski definition) is 2. The molecule has 0 radical (unpaired) electrons. The lowest BCUT2D eigenvalue weighted by molar-refractivity contribution is 0.102. The van der Waals surface area contributed by atoms with Gasteiger partial charge >= 0.3 is 0 Å². The van der Waals surface area contributed by atoms with Gasteiger partial charge in [0.15, 0.2) is 16.6 Å². The molecular weight excluding hydrogens is 376 g/mol. The van der Waals surface area contributed by atoms with E-state index in [1.54, 1.807) is 43.9 Å². The number of halogens is 1. The number of hydrogen-bond acceptors (Lipinski definition) is 7. The van der Waals surface area contributed by atoms with Crippen molar-refractivity contribution >= 4 is 45.4 Å². The maximum atomic E-state index is 12.3. The fraction of sp³-hybridized carbons (Fsp3) is 0.118. The number of benzene rings is 1. The van der Waals surface area contributed by atoms with Crippen LogP contribution in [0.2, 0.25) is 5.15 Å². The van der Waals surface area contributed by atoms with E-state index in [-0.39, 0.29) is 5.91 Å². The summed E-state index contributed by atoms with van der Waals surface area (Å²) in [7, 11) is 3.14. The van der Waals surface area contributed by atoms with Crippen LogP contribution in [0, 0.1) is 0 Å². The van der Waals surface area contributed by atoms with Gasteiger partial charge in [-0.2, -0.15) is 0 Å². The molecule has 0 unspecified atom stereocenters. The third kappa shape index (κ3) is 4.22. The fourth-order valence-corrected chi connectivity index (χ4v) is 2.94. The summed E-state index contributed by atoms with van der Waals surface area (Å²) in [5.74, 6) is 0.904. The van der Waals surface area contributed by atoms with E-state index in [9.17, 15) is 4.79 Å². The third-order valence-electron chi connectivity index (χ3n) is 3.36. The summed E-state index contributed by atoms with van der Waals surface area (Å²) >= 11 is 7.04. The highest BCUT2D eigenvalue weighted by molar-refractivity contribution is 7.14. The standard InChI is InChI=1S/C17H15ClN4O3S/c1-24-13-5-3-10(7-14(13)25-2)21-17-22-12(9-26-17)16(23)20-11-4-6-15(18)19-8-11/h3-9H,1-2H3,(H,20,23)(H,21,22). The summed E-state index contributed by atoms with van der Waals surface area (Å²) < 4.78 is 10.5. The predicted molar refractivity (Wildman–Crippen MR) is 102 cm³/mol. The van der Waals surface area contributed by atoms with Gasteiger partial charge in [-0.05, 0) is 24.3 Å². The monoisotopic (exact) mass is 390 g/mol. The molecule has 26 heavy (non-hydrogen) atoms. The molecule has 0 spiro atoms. The molecule has 1 amide bonds. The molecule has 9 heteroatoms. The average Bonchev–Trinajstić information content (AvgIpc) is 3.12. The number of amides is 1. The van der Waals surface area contributed by atoms with Crippen LogP contribution in [0.25, 0.3) is 0 Å². The van der Waals surface area contributed by atoms with Gasteiger partial charge < -0.3 is 20.1 Å². The van der Waals surface area contributed by atoms with Crippen LogP contribution in [0.1, 0.15) is 10.5 Å². The predicted octanol–water partition coefficient (Wildman–Crippen LogP) is 4.20. The fourth-order valence-electron chi connectivity index (χ4n) is 2.12. The van der Waals surface area contributed by atoms with E-state index in [1.165, 1.54) is 17.5 Å². The van der Waals surface area contributed by atoms with Crippen molar-refractivity contribution in [3.05, 3.63) is 52.8 Å². The van der Waals surface area contributed by atoms with Crippen molar-refractivity contribution in [2.45, 2.75) is 0 Å². The van der Waals surface area contributed by atoms with E-state index in [1.807, 2.05) is 6.07 Å². The van der Waals surface area contributed by atoms with E-state index in [2.05, 4.69) is 20.6 Å². The minimum Gasteiger partial charge on any atom is -0.493 e. The first-order chi connectivity index (χ1) is 12.6. The maximum Gasteiger partial charge on any atom is 0.275 e. The molecule has 3 aromatic rings. The van der Waals surface area contributed by atoms with Gasteiger partial charge in [0.05, 0.1) is 26.1 Å². The molecule has 0 saturated carbocycles. The van der Waals surface area contributed by atoms with Gasteiger partial charge in [0, 0.05) is 17.1 Å². The lowest BCUT2D eigenvalue weighted by Crippen LogP contribution is -2.12. The van der Waals surface area contributed by atoms with Gasteiger partial charge in [-0.15, -0.1) is 11.3 Å². The number of thiazole rings is 1. The van der Waals surface area contributed by atoms with Crippen LogP contribution in [-0.2, 0) is 0 Å². The van der Waals surface area contributed by atoms with Gasteiger partial charge in [0.2, 0.25) is 0 Å². The van der Waals surface area contributed by atoms with Crippen molar-refractivity contribution in [2.24, 2.45) is 0 Å². The number of ether oxygens (including phenoxy) is 2. The van der Waals surface area contributed by atoms with Gasteiger partial charge in [0.25, 0.3) is 5.91 Å². The average molecular weight is 391 g/mol. The van der Waals surface area contributed by atoms with Crippen molar-refractivity contribution < 1.29 is 14.3 Å². The molecule has 2 aromatic heterocycles. The Kier molecular flexibility index (Phi) is 5.55. The van der Waals surface area contributed by atoms with Crippen LogP contribution >= 0.6 is 22.9 Å². The normalized spacial score (nSPS) is 10.3. The van der Waals surface area contributed by atoms with Gasteiger partial charge in [-0.25, -0.2) is 9.97 Å². The van der Waals surface area contributed by atoms with Crippen LogP contribution in [0.15, 0.2) is 41.9 Å². The molecule has 3 rings (SSSR count). The van der Waals surface area contributed by atoms with Crippen molar-refractivity contribution in [3.63, 3.8) is 0 Å². The zero-order valence-electron chi connectivity index (χ0n) is 13.9. The molecule has 2 N–H and O–H groups in total. The molecule has 0 saturated heterocycles. The molecule has 134 valence electrons. The summed E-state index contributed by atoms with van der Waals surface area (Å²) in [5, 5.41) is 8.46. The highest BCUT2D eigenvalue weighted by atomic mass is 35.5. The summed E-state index contributed by atoms with van der Waals surface area (Å²) in [5.41, 5.74) is 1.61. The second-order valence-electron chi connectivity index (χ2n) is 5.06. The van der Waals surface area contributed by atoms with E-state index < -0.39 is 0 Å². The number of carbonyl (C=O) groups is 1. The van der Waals surface area contributed by atoms with Crippen LogP contribution in [0.4, 0.5) is 16.5 Å². The Hall–Kier alpha value is -2.84. The Labute approximate surface area is 159 Å². The Balaban J connectivity index is 1.69. The molecule has 1 aromatic carbocycles. The lowest BCUT2D eigenvalue weighted by atomic mass is 10.3. The molecule has 0 aliphatic rings. The number of anilines is 3. The van der Waals surface area contributed by atoms with E-state index in [0.717, 1.165) is 5.69 Å². The number of rotatable bonds is 6. The highest BCUT2D eigenvalue weighted by Gasteiger charge is 2.12. The summed E-state index contributed by atoms with van der Waals surface area (Å²) in [6.45, 7) is 0. The van der Waals surface area contributed by atoms with Crippen molar-refractivity contribution in [1.82, 2.24) is 9.97 Å². The number of aromatic nitrogens is 2. The number of nitrogens with one attached hydrogen (secondary N) is 2. The molecular formula is C17H15ClN4O3S. The minimum atomic E-state index is -0.328. The highest BCUT2D eigenvalue weighted by Crippen LogP contribution is 2.31. The molecule has 0 fully saturated rings. The van der Waals surface area contributed by atoms with Crippen LogP contribution in [-0.4, -0.2) is 30.1 Å². The van der Waals surface area contributed by atoms with Crippen LogP contribution in [0.5, 0.6) is 11.5 Å². The topological polar surface area (TPSA) is 85.4 Å². The van der Waals surface area contributed by atoms with E-state index in [0.29, 0.717) is 33.2 Å². The summed E-state index contributed by atoms with van der Waals surface area (Å²) in [6.07, 6.45) is 1.48. The second kappa shape index (κ2) is 8.03. The van der Waals surface area contributed by atoms with Gasteiger partial charge in [0.1, 0.15) is 10.8 Å². The molecule has 0 bridgehead atoms. The first-order valence-electron chi connectivity index (χ1n) is 7.46. The van der Waals surface area contributed by atoms with Crippen molar-refractivity contribution in [2.75, 3.05) is 24.9 Å². The number of nitrogens with zero attached hydrogens (tertiary/aromatic N) is 2. The van der Waals surface area contributed by atoms with Gasteiger partial charge in [-0.3, -0.25) is 4.79 Å². The molecule has 0 aliphatic heterocycles.